The van der Waals surface area contributed by atoms with Crippen molar-refractivity contribution in [1.29, 1.82) is 0 Å². The van der Waals surface area contributed by atoms with Crippen LogP contribution in [0.15, 0.2) is 36.4 Å². The molecule has 1 amide bonds. The number of nitro groups is 2. The number of fused-ring (bicyclic) bond motifs is 1. The Morgan fingerprint density at radius 1 is 1.14 bits per heavy atom. The Balaban J connectivity index is 1.73. The molecule has 3 aromatic rings. The van der Waals surface area contributed by atoms with Crippen LogP contribution in [-0.2, 0) is 13.5 Å². The Kier molecular flexibility index (Phi) is 5.39. The minimum absolute atomic E-state index is 0.152. The molecule has 3 rings (SSSR count). The second kappa shape index (κ2) is 7.92. The monoisotopic (exact) mass is 399 g/mol. The van der Waals surface area contributed by atoms with E-state index >= 15 is 0 Å². The highest BCUT2D eigenvalue weighted by molar-refractivity contribution is 5.95. The van der Waals surface area contributed by atoms with E-state index in [2.05, 4.69) is 10.3 Å². The van der Waals surface area contributed by atoms with E-state index in [4.69, 9.17) is 4.74 Å². The summed E-state index contributed by atoms with van der Waals surface area (Å²) in [6.07, 6.45) is 0.399. The molecule has 150 valence electrons. The summed E-state index contributed by atoms with van der Waals surface area (Å²) in [6, 6.07) is 8.33. The number of nitro benzene ring substituents is 2. The van der Waals surface area contributed by atoms with Crippen molar-refractivity contribution >= 4 is 28.3 Å². The average molecular weight is 399 g/mol. The van der Waals surface area contributed by atoms with Gasteiger partial charge in [-0.1, -0.05) is 0 Å². The lowest BCUT2D eigenvalue weighted by molar-refractivity contribution is -0.394. The number of nitrogens with one attached hydrogen (secondary N) is 1. The van der Waals surface area contributed by atoms with Crippen molar-refractivity contribution in [2.45, 2.75) is 6.42 Å². The molecule has 0 saturated heterocycles. The molecule has 0 atom stereocenters. The summed E-state index contributed by atoms with van der Waals surface area (Å²) in [5.74, 6) is 0.763. The van der Waals surface area contributed by atoms with Crippen LogP contribution in [0, 0.1) is 20.2 Å². The smallest absolute Gasteiger partial charge is 0.277 e. The molecule has 1 heterocycles. The molecule has 0 radical (unpaired) electrons. The molecule has 11 nitrogen and oxygen atoms in total. The number of aromatic nitrogens is 2. The van der Waals surface area contributed by atoms with E-state index in [1.54, 1.807) is 13.2 Å². The summed E-state index contributed by atoms with van der Waals surface area (Å²) in [4.78, 5) is 37.2. The van der Waals surface area contributed by atoms with Crippen LogP contribution < -0.4 is 10.1 Å². The number of methoxy groups -OCH3 is 1. The fourth-order valence-electron chi connectivity index (χ4n) is 2.91. The third-order valence-corrected chi connectivity index (χ3v) is 4.40. The molecule has 0 aliphatic heterocycles. The largest absolute Gasteiger partial charge is 0.497 e. The van der Waals surface area contributed by atoms with Gasteiger partial charge < -0.3 is 14.6 Å². The summed E-state index contributed by atoms with van der Waals surface area (Å²) in [5.41, 5.74) is 0.465. The van der Waals surface area contributed by atoms with Gasteiger partial charge >= 0.3 is 0 Å². The molecule has 0 saturated carbocycles. The maximum atomic E-state index is 12.3. The van der Waals surface area contributed by atoms with Crippen molar-refractivity contribution in [1.82, 2.24) is 14.9 Å². The van der Waals surface area contributed by atoms with Crippen molar-refractivity contribution in [3.8, 4) is 5.75 Å². The van der Waals surface area contributed by atoms with Crippen LogP contribution >= 0.6 is 0 Å². The summed E-state index contributed by atoms with van der Waals surface area (Å²) in [5, 5.41) is 24.5. The SMILES string of the molecule is COc1ccc2c(c1)nc(CCNC(=O)c1cc([N+](=O)[O-])cc([N+](=O)[O-])c1)n2C. The van der Waals surface area contributed by atoms with E-state index in [9.17, 15) is 25.0 Å². The Morgan fingerprint density at radius 3 is 2.38 bits per heavy atom. The number of hydrogen-bond acceptors (Lipinski definition) is 7. The number of aryl methyl sites for hydroxylation is 1. The van der Waals surface area contributed by atoms with Gasteiger partial charge in [0, 0.05) is 38.2 Å². The highest BCUT2D eigenvalue weighted by atomic mass is 16.6. The van der Waals surface area contributed by atoms with Crippen molar-refractivity contribution < 1.29 is 19.4 Å². The van der Waals surface area contributed by atoms with E-state index in [0.717, 1.165) is 35.1 Å². The zero-order chi connectivity index (χ0) is 21.1. The van der Waals surface area contributed by atoms with Crippen molar-refractivity contribution in [2.24, 2.45) is 7.05 Å². The molecule has 0 fully saturated rings. The number of hydrogen-bond donors (Lipinski definition) is 1. The summed E-state index contributed by atoms with van der Waals surface area (Å²) < 4.78 is 7.07. The minimum atomic E-state index is -0.780. The zero-order valence-electron chi connectivity index (χ0n) is 15.6. The fraction of sp³-hybridized carbons (Fsp3) is 0.222. The molecule has 0 aliphatic rings. The van der Waals surface area contributed by atoms with E-state index in [1.807, 2.05) is 23.7 Å². The van der Waals surface area contributed by atoms with E-state index < -0.39 is 27.1 Å². The topological polar surface area (TPSA) is 142 Å². The summed E-state index contributed by atoms with van der Waals surface area (Å²) >= 11 is 0. The molecule has 29 heavy (non-hydrogen) atoms. The van der Waals surface area contributed by atoms with Gasteiger partial charge in [0.05, 0.1) is 39.6 Å². The number of rotatable bonds is 7. The molecule has 0 bridgehead atoms. The quantitative estimate of drug-likeness (QED) is 0.474. The van der Waals surface area contributed by atoms with Gasteiger partial charge in [-0.2, -0.15) is 0 Å². The number of nitrogens with zero attached hydrogens (tertiary/aromatic N) is 4. The predicted molar refractivity (Wildman–Crippen MR) is 103 cm³/mol. The summed E-state index contributed by atoms with van der Waals surface area (Å²) in [6.45, 7) is 0.198. The average Bonchev–Trinajstić information content (AvgIpc) is 3.02. The number of amides is 1. The Morgan fingerprint density at radius 2 is 1.79 bits per heavy atom. The van der Waals surface area contributed by atoms with Crippen LogP contribution in [0.25, 0.3) is 11.0 Å². The molecule has 2 aromatic carbocycles. The third kappa shape index (κ3) is 4.13. The van der Waals surface area contributed by atoms with Crippen LogP contribution in [0.5, 0.6) is 5.75 Å². The molecule has 0 unspecified atom stereocenters. The molecule has 1 N–H and O–H groups in total. The van der Waals surface area contributed by atoms with Crippen molar-refractivity contribution in [2.75, 3.05) is 13.7 Å². The number of imidazole rings is 1. The van der Waals surface area contributed by atoms with Crippen LogP contribution in [-0.4, -0.2) is 39.0 Å². The number of non-ortho nitro benzene ring substituents is 2. The third-order valence-electron chi connectivity index (χ3n) is 4.40. The standard InChI is InChI=1S/C18H17N5O6/c1-21-16-4-3-14(29-2)10-15(16)20-17(21)5-6-19-18(24)11-7-12(22(25)26)9-13(8-11)23(27)28/h3-4,7-10H,5-6H2,1-2H3,(H,19,24). The first-order chi connectivity index (χ1) is 13.8. The Labute approximate surface area is 164 Å². The fourth-order valence-corrected chi connectivity index (χ4v) is 2.91. The highest BCUT2D eigenvalue weighted by Crippen LogP contribution is 2.23. The van der Waals surface area contributed by atoms with Gasteiger partial charge in [-0.05, 0) is 12.1 Å². The Bertz CT molecular complexity index is 1090. The number of benzene rings is 2. The van der Waals surface area contributed by atoms with Crippen LogP contribution in [0.3, 0.4) is 0 Å². The maximum absolute atomic E-state index is 12.3. The van der Waals surface area contributed by atoms with Crippen LogP contribution in [0.2, 0.25) is 0 Å². The van der Waals surface area contributed by atoms with Gasteiger partial charge in [0.25, 0.3) is 17.3 Å². The lowest BCUT2D eigenvalue weighted by Crippen LogP contribution is -2.26. The van der Waals surface area contributed by atoms with Gasteiger partial charge in [-0.25, -0.2) is 4.98 Å². The van der Waals surface area contributed by atoms with Crippen LogP contribution in [0.4, 0.5) is 11.4 Å². The predicted octanol–water partition coefficient (Wildman–Crippen LogP) is 2.37. The van der Waals surface area contributed by atoms with E-state index in [-0.39, 0.29) is 12.1 Å². The first-order valence-corrected chi connectivity index (χ1v) is 8.51. The molecular weight excluding hydrogens is 382 g/mol. The number of carbonyl (C=O) groups excluding carboxylic acids is 1. The lowest BCUT2D eigenvalue weighted by atomic mass is 10.1. The molecule has 0 aliphatic carbocycles. The van der Waals surface area contributed by atoms with Gasteiger partial charge in [-0.15, -0.1) is 0 Å². The Hall–Kier alpha value is -4.02. The normalized spacial score (nSPS) is 10.7. The van der Waals surface area contributed by atoms with Crippen molar-refractivity contribution in [3.63, 3.8) is 0 Å². The highest BCUT2D eigenvalue weighted by Gasteiger charge is 2.20. The molecule has 11 heteroatoms. The maximum Gasteiger partial charge on any atom is 0.277 e. The molecule has 1 aromatic heterocycles. The summed E-state index contributed by atoms with van der Waals surface area (Å²) in [7, 11) is 3.42. The number of ether oxygens (including phenoxy) is 1. The first-order valence-electron chi connectivity index (χ1n) is 8.51. The van der Waals surface area contributed by atoms with E-state index in [1.165, 1.54) is 0 Å². The van der Waals surface area contributed by atoms with Gasteiger partial charge in [0.2, 0.25) is 0 Å². The van der Waals surface area contributed by atoms with Gasteiger partial charge in [0.1, 0.15) is 11.6 Å². The van der Waals surface area contributed by atoms with Crippen molar-refractivity contribution in [3.05, 3.63) is 68.0 Å². The lowest BCUT2D eigenvalue weighted by Gasteiger charge is -2.06. The second-order valence-electron chi connectivity index (χ2n) is 6.20. The zero-order valence-corrected chi connectivity index (χ0v) is 15.6. The molecular formula is C18H17N5O6. The molecule has 0 spiro atoms. The number of carbonyl (C=O) groups is 1. The minimum Gasteiger partial charge on any atom is -0.497 e. The van der Waals surface area contributed by atoms with Crippen LogP contribution in [0.1, 0.15) is 16.2 Å². The van der Waals surface area contributed by atoms with Gasteiger partial charge in [0.15, 0.2) is 0 Å². The first kappa shape index (κ1) is 19.7. The second-order valence-corrected chi connectivity index (χ2v) is 6.20. The van der Waals surface area contributed by atoms with Gasteiger partial charge in [-0.3, -0.25) is 25.0 Å². The van der Waals surface area contributed by atoms with E-state index in [0.29, 0.717) is 12.2 Å².